The van der Waals surface area contributed by atoms with Crippen molar-refractivity contribution in [1.82, 2.24) is 5.32 Å². The zero-order valence-electron chi connectivity index (χ0n) is 12.1. The van der Waals surface area contributed by atoms with Gasteiger partial charge in [-0.3, -0.25) is 4.79 Å². The summed E-state index contributed by atoms with van der Waals surface area (Å²) in [6.45, 7) is 3.45. The van der Waals surface area contributed by atoms with Crippen molar-refractivity contribution >= 4 is 17.7 Å². The summed E-state index contributed by atoms with van der Waals surface area (Å²) in [5.74, 6) is 1.64. The minimum atomic E-state index is 0.143. The second-order valence-corrected chi connectivity index (χ2v) is 6.65. The Morgan fingerprint density at radius 3 is 2.80 bits per heavy atom. The van der Waals surface area contributed by atoms with E-state index in [2.05, 4.69) is 36.5 Å². The molecule has 4 heteroatoms. The summed E-state index contributed by atoms with van der Waals surface area (Å²) in [7, 11) is 0. The summed E-state index contributed by atoms with van der Waals surface area (Å²) < 4.78 is 0. The van der Waals surface area contributed by atoms with Gasteiger partial charge >= 0.3 is 0 Å². The van der Waals surface area contributed by atoms with E-state index < -0.39 is 0 Å². The van der Waals surface area contributed by atoms with Crippen molar-refractivity contribution in [1.29, 1.82) is 0 Å². The molecule has 1 aromatic carbocycles. The highest BCUT2D eigenvalue weighted by atomic mass is 32.2. The number of aryl methyl sites for hydroxylation is 1. The summed E-state index contributed by atoms with van der Waals surface area (Å²) in [4.78, 5) is 13.3. The number of carbonyl (C=O) groups is 1. The third-order valence-electron chi connectivity index (χ3n) is 3.99. The molecule has 0 heterocycles. The molecule has 1 amide bonds. The van der Waals surface area contributed by atoms with Gasteiger partial charge in [0.1, 0.15) is 0 Å². The Balaban J connectivity index is 1.68. The first kappa shape index (κ1) is 15.4. The smallest absolute Gasteiger partial charge is 0.223 e. The number of amides is 1. The molecule has 1 aromatic rings. The molecule has 0 radical (unpaired) electrons. The molecule has 1 aliphatic rings. The first-order chi connectivity index (χ1) is 9.70. The molecule has 2 atom stereocenters. The lowest BCUT2D eigenvalue weighted by molar-refractivity contribution is -0.125. The number of thioether (sulfide) groups is 1. The standard InChI is InChI=1S/C16H24N2OS/c1-12-5-7-14(8-6-12)20-10-9-18-16(19)15-4-2-3-13(15)11-17/h5-8,13,15H,2-4,9-11,17H2,1H3,(H,18,19)/t13-,15-/m1/s1. The quantitative estimate of drug-likeness (QED) is 0.626. The van der Waals surface area contributed by atoms with Crippen molar-refractivity contribution in [2.45, 2.75) is 31.1 Å². The highest BCUT2D eigenvalue weighted by Gasteiger charge is 2.31. The Kier molecular flexibility index (Phi) is 5.92. The predicted molar refractivity (Wildman–Crippen MR) is 84.8 cm³/mol. The van der Waals surface area contributed by atoms with Crippen LogP contribution in [-0.4, -0.2) is 24.7 Å². The van der Waals surface area contributed by atoms with Gasteiger partial charge in [-0.05, 0) is 44.4 Å². The molecule has 0 unspecified atom stereocenters. The van der Waals surface area contributed by atoms with Crippen LogP contribution < -0.4 is 11.1 Å². The van der Waals surface area contributed by atoms with Gasteiger partial charge in [0.05, 0.1) is 0 Å². The lowest BCUT2D eigenvalue weighted by Gasteiger charge is -2.17. The average molecular weight is 292 g/mol. The van der Waals surface area contributed by atoms with E-state index >= 15 is 0 Å². The number of rotatable bonds is 6. The van der Waals surface area contributed by atoms with Crippen molar-refractivity contribution < 1.29 is 4.79 Å². The lowest BCUT2D eigenvalue weighted by Crippen LogP contribution is -2.36. The van der Waals surface area contributed by atoms with Crippen LogP contribution >= 0.6 is 11.8 Å². The van der Waals surface area contributed by atoms with Crippen molar-refractivity contribution in [3.05, 3.63) is 29.8 Å². The summed E-state index contributed by atoms with van der Waals surface area (Å²) in [6, 6.07) is 8.49. The van der Waals surface area contributed by atoms with E-state index in [1.54, 1.807) is 11.8 Å². The largest absolute Gasteiger partial charge is 0.355 e. The first-order valence-corrected chi connectivity index (χ1v) is 8.36. The van der Waals surface area contributed by atoms with Gasteiger partial charge in [0.2, 0.25) is 5.91 Å². The van der Waals surface area contributed by atoms with E-state index in [-0.39, 0.29) is 11.8 Å². The molecule has 0 aliphatic heterocycles. The SMILES string of the molecule is Cc1ccc(SCCNC(=O)[C@@H]2CCC[C@@H]2CN)cc1. The Morgan fingerprint density at radius 1 is 1.35 bits per heavy atom. The fraction of sp³-hybridized carbons (Fsp3) is 0.562. The Bertz CT molecular complexity index is 433. The maximum absolute atomic E-state index is 12.1. The normalized spacial score (nSPS) is 21.9. The van der Waals surface area contributed by atoms with Gasteiger partial charge < -0.3 is 11.1 Å². The average Bonchev–Trinajstić information content (AvgIpc) is 2.94. The van der Waals surface area contributed by atoms with Crippen LogP contribution in [0.3, 0.4) is 0 Å². The van der Waals surface area contributed by atoms with Crippen molar-refractivity contribution in [3.63, 3.8) is 0 Å². The van der Waals surface area contributed by atoms with E-state index in [1.807, 2.05) is 0 Å². The van der Waals surface area contributed by atoms with Crippen molar-refractivity contribution in [2.75, 3.05) is 18.8 Å². The third kappa shape index (κ3) is 4.25. The van der Waals surface area contributed by atoms with Gasteiger partial charge in [-0.2, -0.15) is 0 Å². The Morgan fingerprint density at radius 2 is 2.10 bits per heavy atom. The Hall–Kier alpha value is -1.00. The molecule has 0 saturated heterocycles. The molecular formula is C16H24N2OS. The number of hydrogen-bond acceptors (Lipinski definition) is 3. The summed E-state index contributed by atoms with van der Waals surface area (Å²) in [6.07, 6.45) is 3.24. The third-order valence-corrected chi connectivity index (χ3v) is 5.00. The zero-order valence-corrected chi connectivity index (χ0v) is 12.9. The number of nitrogens with two attached hydrogens (primary N) is 1. The molecule has 1 fully saturated rings. The van der Waals surface area contributed by atoms with Gasteiger partial charge in [-0.15, -0.1) is 11.8 Å². The molecule has 20 heavy (non-hydrogen) atoms. The van der Waals surface area contributed by atoms with Gasteiger partial charge in [0.15, 0.2) is 0 Å². The van der Waals surface area contributed by atoms with Crippen LogP contribution in [0.5, 0.6) is 0 Å². The molecule has 1 aliphatic carbocycles. The molecule has 0 spiro atoms. The van der Waals surface area contributed by atoms with Crippen LogP contribution in [0, 0.1) is 18.8 Å². The molecule has 0 aromatic heterocycles. The summed E-state index contributed by atoms with van der Waals surface area (Å²) >= 11 is 1.78. The fourth-order valence-electron chi connectivity index (χ4n) is 2.77. The minimum Gasteiger partial charge on any atom is -0.355 e. The van der Waals surface area contributed by atoms with Gasteiger partial charge in [0.25, 0.3) is 0 Å². The second-order valence-electron chi connectivity index (χ2n) is 5.49. The summed E-state index contributed by atoms with van der Waals surface area (Å²) in [5.41, 5.74) is 7.00. The second kappa shape index (κ2) is 7.70. The van der Waals surface area contributed by atoms with Crippen molar-refractivity contribution in [3.8, 4) is 0 Å². The van der Waals surface area contributed by atoms with Crippen LogP contribution in [0.2, 0.25) is 0 Å². The Labute approximate surface area is 125 Å². The maximum atomic E-state index is 12.1. The van der Waals surface area contributed by atoms with Gasteiger partial charge in [-0.25, -0.2) is 0 Å². The van der Waals surface area contributed by atoms with Crippen LogP contribution in [0.1, 0.15) is 24.8 Å². The molecule has 3 nitrogen and oxygen atoms in total. The minimum absolute atomic E-state index is 0.143. The monoisotopic (exact) mass is 292 g/mol. The number of benzene rings is 1. The molecule has 2 rings (SSSR count). The van der Waals surface area contributed by atoms with Crippen LogP contribution in [0.25, 0.3) is 0 Å². The number of nitrogens with one attached hydrogen (secondary N) is 1. The van der Waals surface area contributed by atoms with Crippen LogP contribution in [0.15, 0.2) is 29.2 Å². The molecule has 110 valence electrons. The first-order valence-electron chi connectivity index (χ1n) is 7.38. The van der Waals surface area contributed by atoms with Crippen LogP contribution in [0.4, 0.5) is 0 Å². The van der Waals surface area contributed by atoms with Gasteiger partial charge in [-0.1, -0.05) is 24.1 Å². The lowest BCUT2D eigenvalue weighted by atomic mass is 9.95. The number of hydrogen-bond donors (Lipinski definition) is 2. The molecule has 0 bridgehead atoms. The van der Waals surface area contributed by atoms with E-state index in [1.165, 1.54) is 10.5 Å². The summed E-state index contributed by atoms with van der Waals surface area (Å²) in [5, 5.41) is 3.06. The predicted octanol–water partition coefficient (Wildman–Crippen LogP) is 2.58. The highest BCUT2D eigenvalue weighted by Crippen LogP contribution is 2.30. The number of carbonyl (C=O) groups excluding carboxylic acids is 1. The molecule has 3 N–H and O–H groups in total. The van der Waals surface area contributed by atoms with Crippen molar-refractivity contribution in [2.24, 2.45) is 17.6 Å². The zero-order chi connectivity index (χ0) is 14.4. The van der Waals surface area contributed by atoms with Gasteiger partial charge in [0, 0.05) is 23.1 Å². The topological polar surface area (TPSA) is 55.1 Å². The highest BCUT2D eigenvalue weighted by molar-refractivity contribution is 7.99. The van der Waals surface area contributed by atoms with E-state index in [4.69, 9.17) is 5.73 Å². The van der Waals surface area contributed by atoms with Crippen LogP contribution in [-0.2, 0) is 4.79 Å². The van der Waals surface area contributed by atoms with E-state index in [0.29, 0.717) is 12.5 Å². The molecule has 1 saturated carbocycles. The molecular weight excluding hydrogens is 268 g/mol. The maximum Gasteiger partial charge on any atom is 0.223 e. The van der Waals surface area contributed by atoms with E-state index in [0.717, 1.165) is 31.6 Å². The fourth-order valence-corrected chi connectivity index (χ4v) is 3.54. The van der Waals surface area contributed by atoms with E-state index in [9.17, 15) is 4.79 Å².